The van der Waals surface area contributed by atoms with Crippen LogP contribution in [0.3, 0.4) is 0 Å². The van der Waals surface area contributed by atoms with Gasteiger partial charge in [-0.1, -0.05) is 6.58 Å². The van der Waals surface area contributed by atoms with E-state index in [2.05, 4.69) is 6.58 Å². The molecule has 0 aromatic heterocycles. The standard InChI is InChI=1S/C9H13N3O4/c1-5(2)11-6(3)7(12(15)16)8(13)10(4)9(11)14/h5,13H,3H2,1-2,4H3. The monoisotopic (exact) mass is 227 g/mol. The Hall–Kier alpha value is -2.05. The van der Waals surface area contributed by atoms with Crippen LogP contribution in [0.1, 0.15) is 13.8 Å². The molecule has 7 nitrogen and oxygen atoms in total. The molecular weight excluding hydrogens is 214 g/mol. The van der Waals surface area contributed by atoms with Crippen molar-refractivity contribution in [3.05, 3.63) is 34.0 Å². The van der Waals surface area contributed by atoms with Gasteiger partial charge in [0.25, 0.3) is 5.88 Å². The van der Waals surface area contributed by atoms with Crippen molar-refractivity contribution in [1.82, 2.24) is 9.80 Å². The molecule has 0 aromatic rings. The molecule has 0 aliphatic carbocycles. The Labute approximate surface area is 92.4 Å². The van der Waals surface area contributed by atoms with E-state index in [4.69, 9.17) is 0 Å². The van der Waals surface area contributed by atoms with Gasteiger partial charge in [0, 0.05) is 13.1 Å². The van der Waals surface area contributed by atoms with Crippen molar-refractivity contribution in [2.75, 3.05) is 7.05 Å². The predicted octanol–water partition coefficient (Wildman–Crippen LogP) is 1.28. The summed E-state index contributed by atoms with van der Waals surface area (Å²) in [5.41, 5.74) is -0.642. The Balaban J connectivity index is 3.33. The smallest absolute Gasteiger partial charge is 0.351 e. The Morgan fingerprint density at radius 1 is 1.50 bits per heavy atom. The molecule has 1 aliphatic heterocycles. The number of aliphatic hydroxyl groups excluding tert-OH is 1. The van der Waals surface area contributed by atoms with Crippen molar-refractivity contribution >= 4 is 6.03 Å². The van der Waals surface area contributed by atoms with Crippen molar-refractivity contribution in [2.45, 2.75) is 19.9 Å². The fourth-order valence-electron chi connectivity index (χ4n) is 1.49. The SMILES string of the molecule is C=C1C([N+](=O)[O-])=C(O)N(C)C(=O)N1C(C)C. The Morgan fingerprint density at radius 2 is 2.00 bits per heavy atom. The van der Waals surface area contributed by atoms with Crippen LogP contribution >= 0.6 is 0 Å². The minimum Gasteiger partial charge on any atom is -0.489 e. The number of hydrogen-bond acceptors (Lipinski definition) is 4. The zero-order valence-corrected chi connectivity index (χ0v) is 9.30. The topological polar surface area (TPSA) is 86.9 Å². The largest absolute Gasteiger partial charge is 0.489 e. The van der Waals surface area contributed by atoms with E-state index in [1.807, 2.05) is 0 Å². The normalized spacial score (nSPS) is 17.5. The second-order valence-corrected chi connectivity index (χ2v) is 3.68. The second kappa shape index (κ2) is 3.84. The number of rotatable bonds is 2. The third-order valence-corrected chi connectivity index (χ3v) is 2.29. The summed E-state index contributed by atoms with van der Waals surface area (Å²) in [6, 6.07) is -0.811. The number of amides is 2. The molecule has 0 aromatic carbocycles. The number of nitrogens with zero attached hydrogens (tertiary/aromatic N) is 3. The van der Waals surface area contributed by atoms with Crippen LogP contribution in [0, 0.1) is 10.1 Å². The first kappa shape index (κ1) is 12.0. The van der Waals surface area contributed by atoms with E-state index in [1.54, 1.807) is 13.8 Å². The zero-order chi connectivity index (χ0) is 12.6. The van der Waals surface area contributed by atoms with Gasteiger partial charge in [-0.05, 0) is 13.8 Å². The first-order valence-corrected chi connectivity index (χ1v) is 4.62. The van der Waals surface area contributed by atoms with E-state index in [0.717, 1.165) is 9.80 Å². The molecule has 0 saturated heterocycles. The van der Waals surface area contributed by atoms with Crippen LogP contribution < -0.4 is 0 Å². The van der Waals surface area contributed by atoms with E-state index >= 15 is 0 Å². The second-order valence-electron chi connectivity index (χ2n) is 3.68. The van der Waals surface area contributed by atoms with E-state index < -0.39 is 22.5 Å². The maximum absolute atomic E-state index is 11.7. The average Bonchev–Trinajstić information content (AvgIpc) is 2.13. The lowest BCUT2D eigenvalue weighted by atomic mass is 10.2. The summed E-state index contributed by atoms with van der Waals surface area (Å²) in [6.07, 6.45) is 0. The van der Waals surface area contributed by atoms with Gasteiger partial charge >= 0.3 is 11.7 Å². The molecule has 0 spiro atoms. The zero-order valence-electron chi connectivity index (χ0n) is 9.30. The molecule has 1 heterocycles. The number of aliphatic hydroxyl groups is 1. The predicted molar refractivity (Wildman–Crippen MR) is 55.9 cm³/mol. The van der Waals surface area contributed by atoms with E-state index in [-0.39, 0.29) is 11.7 Å². The molecule has 1 N–H and O–H groups in total. The van der Waals surface area contributed by atoms with E-state index in [9.17, 15) is 20.0 Å². The first-order valence-electron chi connectivity index (χ1n) is 4.62. The molecule has 16 heavy (non-hydrogen) atoms. The third-order valence-electron chi connectivity index (χ3n) is 2.29. The maximum atomic E-state index is 11.7. The molecular formula is C9H13N3O4. The Morgan fingerprint density at radius 3 is 2.38 bits per heavy atom. The quantitative estimate of drug-likeness (QED) is 0.568. The minimum atomic E-state index is -0.754. The van der Waals surface area contributed by atoms with Gasteiger partial charge in [-0.2, -0.15) is 0 Å². The fraction of sp³-hybridized carbons (Fsp3) is 0.444. The Kier molecular flexibility index (Phi) is 2.88. The fourth-order valence-corrected chi connectivity index (χ4v) is 1.49. The molecule has 7 heteroatoms. The van der Waals surface area contributed by atoms with Gasteiger partial charge in [-0.3, -0.25) is 19.9 Å². The molecule has 0 radical (unpaired) electrons. The van der Waals surface area contributed by atoms with Gasteiger partial charge in [-0.25, -0.2) is 4.79 Å². The molecule has 0 bridgehead atoms. The molecule has 88 valence electrons. The van der Waals surface area contributed by atoms with Gasteiger partial charge in [-0.15, -0.1) is 0 Å². The molecule has 1 aliphatic rings. The van der Waals surface area contributed by atoms with Crippen molar-refractivity contribution < 1.29 is 14.8 Å². The molecule has 0 fully saturated rings. The summed E-state index contributed by atoms with van der Waals surface area (Å²) in [4.78, 5) is 23.7. The molecule has 2 amide bonds. The number of hydrogen-bond donors (Lipinski definition) is 1. The van der Waals surface area contributed by atoms with Crippen LogP contribution in [0.2, 0.25) is 0 Å². The highest BCUT2D eigenvalue weighted by molar-refractivity contribution is 5.80. The van der Waals surface area contributed by atoms with Gasteiger partial charge in [0.1, 0.15) is 5.70 Å². The lowest BCUT2D eigenvalue weighted by molar-refractivity contribution is -0.427. The van der Waals surface area contributed by atoms with Crippen molar-refractivity contribution in [2.24, 2.45) is 0 Å². The Bertz CT molecular complexity index is 400. The van der Waals surface area contributed by atoms with Crippen LogP contribution in [0.5, 0.6) is 0 Å². The van der Waals surface area contributed by atoms with Gasteiger partial charge in [0.2, 0.25) is 0 Å². The van der Waals surface area contributed by atoms with Crippen LogP contribution in [0.15, 0.2) is 23.9 Å². The highest BCUT2D eigenvalue weighted by atomic mass is 16.6. The molecule has 0 saturated carbocycles. The summed E-state index contributed by atoms with van der Waals surface area (Å²) in [5.74, 6) is -0.683. The first-order chi connectivity index (χ1) is 7.29. The molecule has 0 unspecified atom stereocenters. The number of carbonyl (C=O) groups excluding carboxylic acids is 1. The van der Waals surface area contributed by atoms with Crippen molar-refractivity contribution in [1.29, 1.82) is 0 Å². The number of nitro groups is 1. The number of urea groups is 1. The minimum absolute atomic E-state index is 0.0967. The van der Waals surface area contributed by atoms with E-state index in [1.165, 1.54) is 7.05 Å². The van der Waals surface area contributed by atoms with Crippen molar-refractivity contribution in [3.63, 3.8) is 0 Å². The summed E-state index contributed by atoms with van der Waals surface area (Å²) in [6.45, 7) is 6.88. The average molecular weight is 227 g/mol. The van der Waals surface area contributed by atoms with Gasteiger partial charge < -0.3 is 5.11 Å². The lowest BCUT2D eigenvalue weighted by Gasteiger charge is -2.34. The number of carbonyl (C=O) groups is 1. The highest BCUT2D eigenvalue weighted by Gasteiger charge is 2.41. The summed E-state index contributed by atoms with van der Waals surface area (Å²) >= 11 is 0. The molecule has 1 rings (SSSR count). The molecule has 0 atom stereocenters. The van der Waals surface area contributed by atoms with Gasteiger partial charge in [0.15, 0.2) is 0 Å². The van der Waals surface area contributed by atoms with E-state index in [0.29, 0.717) is 0 Å². The summed E-state index contributed by atoms with van der Waals surface area (Å²) in [7, 11) is 1.27. The maximum Gasteiger partial charge on any atom is 0.351 e. The third kappa shape index (κ3) is 1.60. The van der Waals surface area contributed by atoms with Crippen LogP contribution in [-0.2, 0) is 0 Å². The van der Waals surface area contributed by atoms with Crippen LogP contribution in [-0.4, -0.2) is 39.0 Å². The van der Waals surface area contributed by atoms with Crippen molar-refractivity contribution in [3.8, 4) is 0 Å². The lowest BCUT2D eigenvalue weighted by Crippen LogP contribution is -2.48. The summed E-state index contributed by atoms with van der Waals surface area (Å²) in [5, 5.41) is 20.3. The van der Waals surface area contributed by atoms with Gasteiger partial charge in [0.05, 0.1) is 4.92 Å². The highest BCUT2D eigenvalue weighted by Crippen LogP contribution is 2.27. The van der Waals surface area contributed by atoms with Crippen LogP contribution in [0.4, 0.5) is 4.79 Å². The van der Waals surface area contributed by atoms with Crippen LogP contribution in [0.25, 0.3) is 0 Å². The summed E-state index contributed by atoms with van der Waals surface area (Å²) < 4.78 is 0.